The molecule has 0 aromatic carbocycles. The third-order valence-electron chi connectivity index (χ3n) is 3.19. The SMILES string of the molecule is Nc1cc(-c2nc(-c3cccc(-n4cccn4)n3)no2)cc(Cl)n1. The second kappa shape index (κ2) is 5.74. The van der Waals surface area contributed by atoms with Gasteiger partial charge in [0.2, 0.25) is 5.82 Å². The van der Waals surface area contributed by atoms with E-state index in [1.807, 2.05) is 18.2 Å². The third-order valence-corrected chi connectivity index (χ3v) is 3.38. The van der Waals surface area contributed by atoms with Crippen molar-refractivity contribution < 1.29 is 4.52 Å². The van der Waals surface area contributed by atoms with E-state index >= 15 is 0 Å². The van der Waals surface area contributed by atoms with Crippen molar-refractivity contribution in [2.24, 2.45) is 0 Å². The molecular formula is C15H10ClN7O. The van der Waals surface area contributed by atoms with Gasteiger partial charge < -0.3 is 10.3 Å². The molecule has 0 spiro atoms. The Balaban J connectivity index is 1.71. The summed E-state index contributed by atoms with van der Waals surface area (Å²) in [5.41, 5.74) is 6.83. The molecule has 0 saturated carbocycles. The van der Waals surface area contributed by atoms with Crippen molar-refractivity contribution >= 4 is 17.4 Å². The Kier molecular flexibility index (Phi) is 3.43. The van der Waals surface area contributed by atoms with E-state index in [-0.39, 0.29) is 16.9 Å². The molecule has 0 amide bonds. The molecule has 0 fully saturated rings. The van der Waals surface area contributed by atoms with Crippen LogP contribution in [0, 0.1) is 0 Å². The molecule has 2 N–H and O–H groups in total. The Labute approximate surface area is 140 Å². The fourth-order valence-corrected chi connectivity index (χ4v) is 2.38. The minimum Gasteiger partial charge on any atom is -0.384 e. The Morgan fingerprint density at radius 2 is 2.00 bits per heavy atom. The molecule has 0 aliphatic heterocycles. The zero-order chi connectivity index (χ0) is 16.5. The molecule has 0 aliphatic rings. The van der Waals surface area contributed by atoms with Crippen LogP contribution in [0.2, 0.25) is 5.15 Å². The number of nitrogens with zero attached hydrogens (tertiary/aromatic N) is 6. The summed E-state index contributed by atoms with van der Waals surface area (Å²) in [5.74, 6) is 1.56. The van der Waals surface area contributed by atoms with Gasteiger partial charge in [-0.2, -0.15) is 10.1 Å². The lowest BCUT2D eigenvalue weighted by Gasteiger charge is -2.01. The average Bonchev–Trinajstić information content (AvgIpc) is 3.26. The van der Waals surface area contributed by atoms with Gasteiger partial charge in [0.1, 0.15) is 16.7 Å². The van der Waals surface area contributed by atoms with Gasteiger partial charge in [-0.1, -0.05) is 22.8 Å². The summed E-state index contributed by atoms with van der Waals surface area (Å²) in [4.78, 5) is 12.7. The standard InChI is InChI=1S/C15H10ClN7O/c16-11-7-9(8-12(17)20-11)15-21-14(22-24-15)10-3-1-4-13(19-10)23-6-2-5-18-23/h1-8H,(H2,17,20). The Bertz CT molecular complexity index is 976. The molecule has 4 aromatic heterocycles. The average molecular weight is 340 g/mol. The van der Waals surface area contributed by atoms with E-state index in [0.29, 0.717) is 22.9 Å². The summed E-state index contributed by atoms with van der Waals surface area (Å²) >= 11 is 5.90. The van der Waals surface area contributed by atoms with Gasteiger partial charge in [-0.15, -0.1) is 0 Å². The number of hydrogen-bond acceptors (Lipinski definition) is 7. The first-order valence-corrected chi connectivity index (χ1v) is 7.31. The van der Waals surface area contributed by atoms with Crippen LogP contribution in [0.25, 0.3) is 28.8 Å². The van der Waals surface area contributed by atoms with Crippen molar-refractivity contribution in [3.8, 4) is 28.8 Å². The third kappa shape index (κ3) is 2.70. The summed E-state index contributed by atoms with van der Waals surface area (Å²) in [6, 6.07) is 10.5. The van der Waals surface area contributed by atoms with E-state index in [0.717, 1.165) is 0 Å². The molecule has 8 nitrogen and oxygen atoms in total. The Morgan fingerprint density at radius 1 is 1.08 bits per heavy atom. The van der Waals surface area contributed by atoms with E-state index in [9.17, 15) is 0 Å². The van der Waals surface area contributed by atoms with E-state index in [4.69, 9.17) is 21.9 Å². The zero-order valence-electron chi connectivity index (χ0n) is 12.2. The molecule has 0 bridgehead atoms. The number of rotatable bonds is 3. The maximum absolute atomic E-state index is 5.90. The minimum atomic E-state index is 0.253. The van der Waals surface area contributed by atoms with Gasteiger partial charge in [0.15, 0.2) is 5.82 Å². The Morgan fingerprint density at radius 3 is 2.79 bits per heavy atom. The highest BCUT2D eigenvalue weighted by atomic mass is 35.5. The topological polar surface area (TPSA) is 109 Å². The molecule has 0 saturated heterocycles. The van der Waals surface area contributed by atoms with E-state index < -0.39 is 0 Å². The number of nitrogen functional groups attached to an aromatic ring is 1. The summed E-state index contributed by atoms with van der Waals surface area (Å²) in [7, 11) is 0. The number of halogens is 1. The van der Waals surface area contributed by atoms with E-state index in [2.05, 4.69) is 25.2 Å². The van der Waals surface area contributed by atoms with E-state index in [1.54, 1.807) is 35.3 Å². The summed E-state index contributed by atoms with van der Waals surface area (Å²) in [5, 5.41) is 8.36. The van der Waals surface area contributed by atoms with Gasteiger partial charge in [0, 0.05) is 18.0 Å². The molecule has 0 aliphatic carbocycles. The Hall–Kier alpha value is -3.26. The predicted octanol–water partition coefficient (Wildman–Crippen LogP) is 2.61. The molecular weight excluding hydrogens is 330 g/mol. The first-order valence-electron chi connectivity index (χ1n) is 6.93. The summed E-state index contributed by atoms with van der Waals surface area (Å²) in [6.07, 6.45) is 3.48. The van der Waals surface area contributed by atoms with Crippen LogP contribution in [0.15, 0.2) is 53.3 Å². The van der Waals surface area contributed by atoms with Crippen LogP contribution in [0.5, 0.6) is 0 Å². The van der Waals surface area contributed by atoms with Crippen molar-refractivity contribution in [1.82, 2.24) is 29.9 Å². The van der Waals surface area contributed by atoms with Crippen LogP contribution in [0.3, 0.4) is 0 Å². The van der Waals surface area contributed by atoms with Crippen LogP contribution in [0.4, 0.5) is 5.82 Å². The molecule has 0 unspecified atom stereocenters. The molecule has 0 radical (unpaired) electrons. The zero-order valence-corrected chi connectivity index (χ0v) is 12.9. The van der Waals surface area contributed by atoms with Gasteiger partial charge in [-0.3, -0.25) is 0 Å². The second-order valence-corrected chi connectivity index (χ2v) is 5.25. The lowest BCUT2D eigenvalue weighted by molar-refractivity contribution is 0.432. The van der Waals surface area contributed by atoms with Crippen molar-refractivity contribution in [3.63, 3.8) is 0 Å². The van der Waals surface area contributed by atoms with Crippen LogP contribution in [0.1, 0.15) is 0 Å². The number of hydrogen-bond donors (Lipinski definition) is 1. The first kappa shape index (κ1) is 14.3. The molecule has 0 atom stereocenters. The smallest absolute Gasteiger partial charge is 0.258 e. The van der Waals surface area contributed by atoms with Gasteiger partial charge in [0.05, 0.1) is 0 Å². The van der Waals surface area contributed by atoms with Gasteiger partial charge >= 0.3 is 0 Å². The summed E-state index contributed by atoms with van der Waals surface area (Å²) < 4.78 is 6.93. The van der Waals surface area contributed by atoms with Gasteiger partial charge in [-0.05, 0) is 30.3 Å². The van der Waals surface area contributed by atoms with Crippen molar-refractivity contribution in [3.05, 3.63) is 53.9 Å². The maximum atomic E-state index is 5.90. The van der Waals surface area contributed by atoms with Crippen molar-refractivity contribution in [2.45, 2.75) is 0 Å². The number of pyridine rings is 2. The molecule has 24 heavy (non-hydrogen) atoms. The highest BCUT2D eigenvalue weighted by molar-refractivity contribution is 6.29. The largest absolute Gasteiger partial charge is 0.384 e. The van der Waals surface area contributed by atoms with E-state index in [1.165, 1.54) is 0 Å². The fraction of sp³-hybridized carbons (Fsp3) is 0. The quantitative estimate of drug-likeness (QED) is 0.571. The van der Waals surface area contributed by atoms with Crippen LogP contribution < -0.4 is 5.73 Å². The number of aromatic nitrogens is 6. The highest BCUT2D eigenvalue weighted by Gasteiger charge is 2.14. The fourth-order valence-electron chi connectivity index (χ4n) is 2.17. The number of nitrogens with two attached hydrogens (primary N) is 1. The predicted molar refractivity (Wildman–Crippen MR) is 87.3 cm³/mol. The van der Waals surface area contributed by atoms with Crippen LogP contribution >= 0.6 is 11.6 Å². The lowest BCUT2D eigenvalue weighted by Crippen LogP contribution is -1.99. The number of anilines is 1. The molecule has 9 heteroatoms. The summed E-state index contributed by atoms with van der Waals surface area (Å²) in [6.45, 7) is 0. The second-order valence-electron chi connectivity index (χ2n) is 4.86. The highest BCUT2D eigenvalue weighted by Crippen LogP contribution is 2.24. The van der Waals surface area contributed by atoms with Gasteiger partial charge in [-0.25, -0.2) is 14.6 Å². The van der Waals surface area contributed by atoms with Gasteiger partial charge in [0.25, 0.3) is 5.89 Å². The molecule has 4 rings (SSSR count). The lowest BCUT2D eigenvalue weighted by atomic mass is 10.2. The molecule has 4 aromatic rings. The first-order chi connectivity index (χ1) is 11.7. The molecule has 118 valence electrons. The van der Waals surface area contributed by atoms with Crippen molar-refractivity contribution in [2.75, 3.05) is 5.73 Å². The maximum Gasteiger partial charge on any atom is 0.258 e. The minimum absolute atomic E-state index is 0.253. The van der Waals surface area contributed by atoms with Crippen LogP contribution in [-0.2, 0) is 0 Å². The normalized spacial score (nSPS) is 10.9. The monoisotopic (exact) mass is 339 g/mol. The van der Waals surface area contributed by atoms with Crippen LogP contribution in [-0.4, -0.2) is 29.9 Å². The molecule has 4 heterocycles. The van der Waals surface area contributed by atoms with Crippen molar-refractivity contribution in [1.29, 1.82) is 0 Å².